The summed E-state index contributed by atoms with van der Waals surface area (Å²) in [6.07, 6.45) is 1.79. The van der Waals surface area contributed by atoms with E-state index in [1.165, 1.54) is 13.0 Å². The third-order valence-electron chi connectivity index (χ3n) is 6.01. The molecule has 0 saturated carbocycles. The SMILES string of the molecule is C=C1C(=O)O[C@H]2/C=C(/C)[C@@H](OC(C)=O)C[C@@H]3O[C@]3(C)C[C@@H](OC(=O)/C(=C/C)CO)[C@@H]12. The molecule has 0 unspecified atom stereocenters. The van der Waals surface area contributed by atoms with Crippen LogP contribution in [0.3, 0.4) is 0 Å². The molecule has 30 heavy (non-hydrogen) atoms. The molecule has 2 aliphatic heterocycles. The van der Waals surface area contributed by atoms with Crippen LogP contribution < -0.4 is 0 Å². The molecular weight excluding hydrogens is 392 g/mol. The Labute approximate surface area is 175 Å². The maximum Gasteiger partial charge on any atom is 0.336 e. The fourth-order valence-corrected chi connectivity index (χ4v) is 4.16. The van der Waals surface area contributed by atoms with E-state index in [-0.39, 0.29) is 17.3 Å². The van der Waals surface area contributed by atoms with Gasteiger partial charge in [-0.2, -0.15) is 0 Å². The van der Waals surface area contributed by atoms with Gasteiger partial charge in [-0.25, -0.2) is 9.59 Å². The maximum absolute atomic E-state index is 12.5. The molecule has 0 spiro atoms. The van der Waals surface area contributed by atoms with Gasteiger partial charge in [0.15, 0.2) is 0 Å². The van der Waals surface area contributed by atoms with Crippen LogP contribution in [-0.4, -0.2) is 59.6 Å². The molecule has 164 valence electrons. The van der Waals surface area contributed by atoms with Crippen LogP contribution in [0.2, 0.25) is 0 Å². The van der Waals surface area contributed by atoms with Gasteiger partial charge in [0.05, 0.1) is 29.8 Å². The van der Waals surface area contributed by atoms with Crippen molar-refractivity contribution in [2.75, 3.05) is 6.61 Å². The van der Waals surface area contributed by atoms with E-state index in [0.29, 0.717) is 12.8 Å². The molecule has 0 amide bonds. The summed E-state index contributed by atoms with van der Waals surface area (Å²) in [6, 6.07) is 0. The first-order valence-corrected chi connectivity index (χ1v) is 9.99. The van der Waals surface area contributed by atoms with E-state index in [1.54, 1.807) is 19.9 Å². The van der Waals surface area contributed by atoms with Crippen LogP contribution in [0, 0.1) is 5.92 Å². The number of allylic oxidation sites excluding steroid dienone is 1. The molecule has 0 aromatic rings. The van der Waals surface area contributed by atoms with Gasteiger partial charge >= 0.3 is 17.9 Å². The number of aliphatic hydroxyl groups excluding tert-OH is 1. The first-order chi connectivity index (χ1) is 14.1. The third kappa shape index (κ3) is 4.34. The normalized spacial score (nSPS) is 37.8. The summed E-state index contributed by atoms with van der Waals surface area (Å²) in [4.78, 5) is 36.4. The minimum atomic E-state index is -0.743. The Hall–Kier alpha value is -2.45. The van der Waals surface area contributed by atoms with E-state index >= 15 is 0 Å². The highest BCUT2D eigenvalue weighted by Crippen LogP contribution is 2.48. The van der Waals surface area contributed by atoms with Gasteiger partial charge in [0, 0.05) is 25.3 Å². The summed E-state index contributed by atoms with van der Waals surface area (Å²) < 4.78 is 22.6. The summed E-state index contributed by atoms with van der Waals surface area (Å²) >= 11 is 0. The average Bonchev–Trinajstić information content (AvgIpc) is 3.19. The van der Waals surface area contributed by atoms with Gasteiger partial charge in [0.25, 0.3) is 0 Å². The van der Waals surface area contributed by atoms with Crippen molar-refractivity contribution in [3.63, 3.8) is 0 Å². The Bertz CT molecular complexity index is 825. The molecular formula is C22H28O8. The summed E-state index contributed by atoms with van der Waals surface area (Å²) in [6.45, 7) is 10.1. The van der Waals surface area contributed by atoms with Crippen LogP contribution in [0.1, 0.15) is 40.5 Å². The van der Waals surface area contributed by atoms with Crippen LogP contribution in [-0.2, 0) is 33.3 Å². The second-order valence-electron chi connectivity index (χ2n) is 8.20. The number of aliphatic hydroxyl groups is 1. The topological polar surface area (TPSA) is 112 Å². The summed E-state index contributed by atoms with van der Waals surface area (Å²) in [5.41, 5.74) is 0.432. The number of carbonyl (C=O) groups is 3. The van der Waals surface area contributed by atoms with E-state index in [0.717, 1.165) is 5.57 Å². The number of epoxide rings is 1. The summed E-state index contributed by atoms with van der Waals surface area (Å²) in [5, 5.41) is 9.40. The molecule has 0 aromatic heterocycles. The van der Waals surface area contributed by atoms with Gasteiger partial charge in [-0.3, -0.25) is 4.79 Å². The zero-order valence-corrected chi connectivity index (χ0v) is 17.7. The lowest BCUT2D eigenvalue weighted by Gasteiger charge is -2.29. The van der Waals surface area contributed by atoms with Gasteiger partial charge in [-0.1, -0.05) is 12.7 Å². The number of hydrogen-bond acceptors (Lipinski definition) is 8. The Balaban J connectivity index is 1.98. The van der Waals surface area contributed by atoms with Crippen molar-refractivity contribution in [1.29, 1.82) is 0 Å². The van der Waals surface area contributed by atoms with E-state index < -0.39 is 54.3 Å². The highest BCUT2D eigenvalue weighted by atomic mass is 16.6. The quantitative estimate of drug-likeness (QED) is 0.241. The van der Waals surface area contributed by atoms with Crippen molar-refractivity contribution in [2.45, 2.75) is 70.6 Å². The number of hydrogen-bond donors (Lipinski definition) is 1. The number of ether oxygens (including phenoxy) is 4. The van der Waals surface area contributed by atoms with Crippen LogP contribution in [0.5, 0.6) is 0 Å². The molecule has 8 nitrogen and oxygen atoms in total. The van der Waals surface area contributed by atoms with Crippen molar-refractivity contribution < 1.29 is 38.4 Å². The Morgan fingerprint density at radius 3 is 2.70 bits per heavy atom. The fraction of sp³-hybridized carbons (Fsp3) is 0.591. The van der Waals surface area contributed by atoms with Gasteiger partial charge in [0.2, 0.25) is 0 Å². The van der Waals surface area contributed by atoms with Crippen LogP contribution >= 0.6 is 0 Å². The molecule has 1 N–H and O–H groups in total. The molecule has 8 heteroatoms. The molecule has 2 heterocycles. The molecule has 0 radical (unpaired) electrons. The molecule has 2 fully saturated rings. The van der Waals surface area contributed by atoms with E-state index in [2.05, 4.69) is 6.58 Å². The van der Waals surface area contributed by atoms with Crippen molar-refractivity contribution >= 4 is 17.9 Å². The van der Waals surface area contributed by atoms with Crippen molar-refractivity contribution in [3.8, 4) is 0 Å². The van der Waals surface area contributed by atoms with Crippen molar-refractivity contribution in [1.82, 2.24) is 0 Å². The number of carbonyl (C=O) groups excluding carboxylic acids is 3. The number of rotatable bonds is 4. The minimum absolute atomic E-state index is 0.125. The molecule has 1 aliphatic carbocycles. The van der Waals surface area contributed by atoms with Crippen molar-refractivity contribution in [3.05, 3.63) is 35.5 Å². The van der Waals surface area contributed by atoms with Gasteiger partial charge in [0.1, 0.15) is 18.3 Å². The average molecular weight is 420 g/mol. The second kappa shape index (κ2) is 8.35. The maximum atomic E-state index is 12.5. The van der Waals surface area contributed by atoms with E-state index in [9.17, 15) is 19.5 Å². The molecule has 0 bridgehead atoms. The molecule has 3 rings (SSSR count). The molecule has 3 aliphatic rings. The summed E-state index contributed by atoms with van der Waals surface area (Å²) in [5.74, 6) is -2.25. The van der Waals surface area contributed by atoms with Crippen molar-refractivity contribution in [2.24, 2.45) is 5.92 Å². The standard InChI is InChI=1S/C22H28O8/c1-6-14(10-23)21(26)29-17-9-22(5)18(30-22)8-15(27-13(4)24)11(2)7-16-19(17)12(3)20(25)28-16/h6-7,15-19,23H,3,8-10H2,1-2,4-5H3/b11-7-,14-6+/t15-,16-,17+,18-,19-,22+/m0/s1. The highest BCUT2D eigenvalue weighted by molar-refractivity contribution is 5.92. The molecule has 6 atom stereocenters. The van der Waals surface area contributed by atoms with Crippen LogP contribution in [0.25, 0.3) is 0 Å². The van der Waals surface area contributed by atoms with Gasteiger partial charge in [-0.15, -0.1) is 0 Å². The predicted molar refractivity (Wildman–Crippen MR) is 105 cm³/mol. The second-order valence-corrected chi connectivity index (χ2v) is 8.20. The summed E-state index contributed by atoms with van der Waals surface area (Å²) in [7, 11) is 0. The lowest BCUT2D eigenvalue weighted by atomic mass is 9.82. The lowest BCUT2D eigenvalue weighted by molar-refractivity contribution is -0.149. The molecule has 2 saturated heterocycles. The van der Waals surface area contributed by atoms with Crippen LogP contribution in [0.15, 0.2) is 35.5 Å². The third-order valence-corrected chi connectivity index (χ3v) is 6.01. The lowest BCUT2D eigenvalue weighted by Crippen LogP contribution is -2.38. The zero-order valence-electron chi connectivity index (χ0n) is 17.7. The van der Waals surface area contributed by atoms with E-state index in [4.69, 9.17) is 18.9 Å². The van der Waals surface area contributed by atoms with Gasteiger partial charge in [-0.05, 0) is 32.4 Å². The minimum Gasteiger partial charge on any atom is -0.458 e. The Morgan fingerprint density at radius 1 is 1.40 bits per heavy atom. The number of fused-ring (bicyclic) bond motifs is 2. The fourth-order valence-electron chi connectivity index (χ4n) is 4.16. The van der Waals surface area contributed by atoms with E-state index in [1.807, 2.05) is 6.92 Å². The zero-order chi connectivity index (χ0) is 22.2. The predicted octanol–water partition coefficient (Wildman–Crippen LogP) is 1.76. The number of esters is 3. The Kier molecular flexibility index (Phi) is 6.19. The largest absolute Gasteiger partial charge is 0.458 e. The smallest absolute Gasteiger partial charge is 0.336 e. The first kappa shape index (κ1) is 22.2. The first-order valence-electron chi connectivity index (χ1n) is 9.99. The van der Waals surface area contributed by atoms with Gasteiger partial charge < -0.3 is 24.1 Å². The molecule has 0 aromatic carbocycles. The monoisotopic (exact) mass is 420 g/mol. The Morgan fingerprint density at radius 2 is 2.10 bits per heavy atom. The highest BCUT2D eigenvalue weighted by Gasteiger charge is 2.58. The van der Waals surface area contributed by atoms with Crippen LogP contribution in [0.4, 0.5) is 0 Å².